The first-order chi connectivity index (χ1) is 15.5. The molecule has 0 spiro atoms. The highest BCUT2D eigenvalue weighted by Crippen LogP contribution is 2.36. The van der Waals surface area contributed by atoms with Gasteiger partial charge in [-0.2, -0.15) is 0 Å². The van der Waals surface area contributed by atoms with Crippen LogP contribution in [-0.4, -0.2) is 24.2 Å². The summed E-state index contributed by atoms with van der Waals surface area (Å²) in [6, 6.07) is 17.0. The lowest BCUT2D eigenvalue weighted by atomic mass is 10.1. The number of fused-ring (bicyclic) bond motifs is 1. The Bertz CT molecular complexity index is 1180. The van der Waals surface area contributed by atoms with E-state index < -0.39 is 0 Å². The Morgan fingerprint density at radius 2 is 1.47 bits per heavy atom. The van der Waals surface area contributed by atoms with Crippen LogP contribution in [0.2, 0.25) is 0 Å². The second kappa shape index (κ2) is 9.40. The molecule has 0 bridgehead atoms. The van der Waals surface area contributed by atoms with E-state index in [9.17, 15) is 0 Å². The zero-order valence-electron chi connectivity index (χ0n) is 17.7. The van der Waals surface area contributed by atoms with Gasteiger partial charge in [0.05, 0.1) is 29.9 Å². The lowest BCUT2D eigenvalue weighted by molar-refractivity contribution is 0.414. The van der Waals surface area contributed by atoms with Crippen molar-refractivity contribution in [2.24, 2.45) is 0 Å². The first-order valence-corrected chi connectivity index (χ1v) is 10.7. The van der Waals surface area contributed by atoms with Gasteiger partial charge in [0.15, 0.2) is 5.82 Å². The topological polar surface area (TPSA) is 73.5 Å². The molecule has 0 atom stereocenters. The molecule has 8 heteroatoms. The fourth-order valence-electron chi connectivity index (χ4n) is 3.54. The molecule has 0 unspecified atom stereocenters. The average Bonchev–Trinajstić information content (AvgIpc) is 2.80. The summed E-state index contributed by atoms with van der Waals surface area (Å²) < 4.78 is 26.3. The van der Waals surface area contributed by atoms with Crippen molar-refractivity contribution in [2.45, 2.75) is 13.1 Å². The van der Waals surface area contributed by atoms with Crippen molar-refractivity contribution >= 4 is 38.5 Å². The van der Waals surface area contributed by atoms with E-state index in [1.54, 1.807) is 26.5 Å². The van der Waals surface area contributed by atoms with Crippen molar-refractivity contribution in [2.75, 3.05) is 24.9 Å². The van der Waals surface area contributed by atoms with Gasteiger partial charge in [-0.05, 0) is 57.4 Å². The minimum absolute atomic E-state index is 0.138. The first-order valence-electron chi connectivity index (χ1n) is 9.89. The molecule has 6 nitrogen and oxygen atoms in total. The van der Waals surface area contributed by atoms with Gasteiger partial charge in [0.25, 0.3) is 0 Å². The Morgan fingerprint density at radius 3 is 1.97 bits per heavy atom. The molecule has 0 aliphatic rings. The van der Waals surface area contributed by atoms with E-state index in [0.29, 0.717) is 34.2 Å². The predicted molar refractivity (Wildman–Crippen MR) is 127 cm³/mol. The molecule has 2 N–H and O–H groups in total. The van der Waals surface area contributed by atoms with Crippen LogP contribution in [0.25, 0.3) is 10.9 Å². The van der Waals surface area contributed by atoms with Crippen LogP contribution < -0.4 is 20.1 Å². The van der Waals surface area contributed by atoms with E-state index in [4.69, 9.17) is 15.2 Å². The van der Waals surface area contributed by atoms with Gasteiger partial charge in [0, 0.05) is 24.7 Å². The van der Waals surface area contributed by atoms with E-state index in [0.717, 1.165) is 22.6 Å². The molecular weight excluding hydrogens is 475 g/mol. The van der Waals surface area contributed by atoms with Gasteiger partial charge in [0.2, 0.25) is 5.95 Å². The van der Waals surface area contributed by atoms with Crippen LogP contribution in [0, 0.1) is 5.82 Å². The average molecular weight is 497 g/mol. The maximum absolute atomic E-state index is 15.5. The third-order valence-electron chi connectivity index (χ3n) is 5.15. The SMILES string of the molecule is COc1ccc(CN(Cc2ccc(OC)cc2)c2c(F)c(Br)cc3nc(N)ncc23)cc1. The minimum Gasteiger partial charge on any atom is -0.497 e. The molecule has 32 heavy (non-hydrogen) atoms. The molecule has 0 aliphatic carbocycles. The molecule has 1 heterocycles. The van der Waals surface area contributed by atoms with Crippen molar-refractivity contribution in [1.82, 2.24) is 9.97 Å². The maximum atomic E-state index is 15.5. The number of ether oxygens (including phenoxy) is 2. The van der Waals surface area contributed by atoms with Crippen LogP contribution in [0.4, 0.5) is 16.0 Å². The summed E-state index contributed by atoms with van der Waals surface area (Å²) >= 11 is 3.33. The zero-order chi connectivity index (χ0) is 22.7. The smallest absolute Gasteiger partial charge is 0.220 e. The summed E-state index contributed by atoms with van der Waals surface area (Å²) in [7, 11) is 3.25. The molecule has 0 saturated heterocycles. The van der Waals surface area contributed by atoms with Crippen LogP contribution in [0.3, 0.4) is 0 Å². The minimum atomic E-state index is -0.382. The highest BCUT2D eigenvalue weighted by Gasteiger charge is 2.20. The zero-order valence-corrected chi connectivity index (χ0v) is 19.3. The first kappa shape index (κ1) is 21.8. The highest BCUT2D eigenvalue weighted by molar-refractivity contribution is 9.10. The molecule has 0 aliphatic heterocycles. The van der Waals surface area contributed by atoms with E-state index in [1.165, 1.54) is 0 Å². The Morgan fingerprint density at radius 1 is 0.938 bits per heavy atom. The molecule has 0 amide bonds. The number of hydrogen-bond acceptors (Lipinski definition) is 6. The van der Waals surface area contributed by atoms with E-state index >= 15 is 4.39 Å². The van der Waals surface area contributed by atoms with Crippen molar-refractivity contribution in [3.05, 3.63) is 82.2 Å². The van der Waals surface area contributed by atoms with Crippen molar-refractivity contribution < 1.29 is 13.9 Å². The van der Waals surface area contributed by atoms with E-state index in [-0.39, 0.29) is 11.8 Å². The number of nitrogen functional groups attached to an aromatic ring is 1. The maximum Gasteiger partial charge on any atom is 0.220 e. The van der Waals surface area contributed by atoms with Crippen LogP contribution in [0.1, 0.15) is 11.1 Å². The summed E-state index contributed by atoms with van der Waals surface area (Å²) in [6.07, 6.45) is 1.57. The van der Waals surface area contributed by atoms with Gasteiger partial charge in [-0.3, -0.25) is 0 Å². The molecular formula is C24H22BrFN4O2. The van der Waals surface area contributed by atoms with Gasteiger partial charge in [-0.25, -0.2) is 14.4 Å². The number of aromatic nitrogens is 2. The number of hydrogen-bond donors (Lipinski definition) is 1. The van der Waals surface area contributed by atoms with Gasteiger partial charge < -0.3 is 20.1 Å². The normalized spacial score (nSPS) is 10.9. The number of anilines is 2. The van der Waals surface area contributed by atoms with Gasteiger partial charge >= 0.3 is 0 Å². The molecule has 3 aromatic carbocycles. The summed E-state index contributed by atoms with van der Waals surface area (Å²) in [5, 5.41) is 0.585. The molecule has 4 rings (SSSR count). The Labute approximate surface area is 193 Å². The van der Waals surface area contributed by atoms with Crippen molar-refractivity contribution in [3.8, 4) is 11.5 Å². The number of benzene rings is 3. The summed E-state index contributed by atoms with van der Waals surface area (Å²) in [6.45, 7) is 0.922. The fourth-order valence-corrected chi connectivity index (χ4v) is 3.95. The Kier molecular flexibility index (Phi) is 6.41. The monoisotopic (exact) mass is 496 g/mol. The predicted octanol–water partition coefficient (Wildman–Crippen LogP) is 5.34. The fraction of sp³-hybridized carbons (Fsp3) is 0.167. The third kappa shape index (κ3) is 4.60. The van der Waals surface area contributed by atoms with Crippen molar-refractivity contribution in [3.63, 3.8) is 0 Å². The highest BCUT2D eigenvalue weighted by atomic mass is 79.9. The van der Waals surface area contributed by atoms with Crippen LogP contribution >= 0.6 is 15.9 Å². The van der Waals surface area contributed by atoms with Gasteiger partial charge in [-0.1, -0.05) is 24.3 Å². The second-order valence-electron chi connectivity index (χ2n) is 7.23. The molecule has 0 radical (unpaired) electrons. The Hall–Kier alpha value is -3.39. The largest absolute Gasteiger partial charge is 0.497 e. The van der Waals surface area contributed by atoms with Crippen LogP contribution in [-0.2, 0) is 13.1 Å². The van der Waals surface area contributed by atoms with Gasteiger partial charge in [0.1, 0.15) is 11.5 Å². The number of halogens is 2. The van der Waals surface area contributed by atoms with Gasteiger partial charge in [-0.15, -0.1) is 0 Å². The lowest BCUT2D eigenvalue weighted by Gasteiger charge is -2.27. The Balaban J connectivity index is 1.81. The third-order valence-corrected chi connectivity index (χ3v) is 5.73. The summed E-state index contributed by atoms with van der Waals surface area (Å²) in [5.41, 5.74) is 8.75. The van der Waals surface area contributed by atoms with E-state index in [2.05, 4.69) is 25.9 Å². The number of nitrogens with zero attached hydrogens (tertiary/aromatic N) is 3. The molecule has 0 fully saturated rings. The number of nitrogens with two attached hydrogens (primary N) is 1. The van der Waals surface area contributed by atoms with Crippen molar-refractivity contribution in [1.29, 1.82) is 0 Å². The standard InChI is InChI=1S/C24H22BrFN4O2/c1-31-17-7-3-15(4-8-17)13-30(14-16-5-9-18(32-2)10-6-16)23-19-12-28-24(27)29-21(19)11-20(25)22(23)26/h3-12H,13-14H2,1-2H3,(H2,27,28,29). The number of rotatable bonds is 7. The second-order valence-corrected chi connectivity index (χ2v) is 8.09. The molecule has 0 saturated carbocycles. The van der Waals surface area contributed by atoms with Crippen LogP contribution in [0.15, 0.2) is 65.3 Å². The number of methoxy groups -OCH3 is 2. The van der Waals surface area contributed by atoms with Crippen LogP contribution in [0.5, 0.6) is 11.5 Å². The molecule has 164 valence electrons. The summed E-state index contributed by atoms with van der Waals surface area (Å²) in [4.78, 5) is 10.4. The van der Waals surface area contributed by atoms with E-state index in [1.807, 2.05) is 53.4 Å². The molecule has 4 aromatic rings. The summed E-state index contributed by atoms with van der Waals surface area (Å²) in [5.74, 6) is 1.28. The molecule has 1 aromatic heterocycles. The lowest BCUT2D eigenvalue weighted by Crippen LogP contribution is -2.24. The quantitative estimate of drug-likeness (QED) is 0.372.